The quantitative estimate of drug-likeness (QED) is 0.735. The molecule has 1 aromatic heterocycles. The molecule has 0 aliphatic carbocycles. The van der Waals surface area contributed by atoms with E-state index in [0.29, 0.717) is 0 Å². The van der Waals surface area contributed by atoms with Gasteiger partial charge in [0, 0.05) is 4.88 Å². The summed E-state index contributed by atoms with van der Waals surface area (Å²) in [5.74, 6) is 0.925. The Labute approximate surface area is 129 Å². The van der Waals surface area contributed by atoms with Crippen molar-refractivity contribution in [1.82, 2.24) is 5.32 Å². The maximum absolute atomic E-state index is 6.22. The second-order valence-electron chi connectivity index (χ2n) is 4.63. The first-order valence-electron chi connectivity index (χ1n) is 6.89. The van der Waals surface area contributed by atoms with Gasteiger partial charge in [-0.05, 0) is 42.6 Å². The molecule has 2 rings (SSSR count). The Kier molecular flexibility index (Phi) is 5.89. The Morgan fingerprint density at radius 3 is 2.55 bits per heavy atom. The minimum Gasteiger partial charge on any atom is -0.494 e. The average molecular weight is 310 g/mol. The molecule has 1 aromatic carbocycles. The van der Waals surface area contributed by atoms with Crippen LogP contribution >= 0.6 is 22.9 Å². The third kappa shape index (κ3) is 3.75. The van der Waals surface area contributed by atoms with Gasteiger partial charge < -0.3 is 10.1 Å². The number of unbranched alkanes of at least 4 members (excludes halogenated alkanes) is 1. The first-order chi connectivity index (χ1) is 9.76. The van der Waals surface area contributed by atoms with E-state index in [1.165, 1.54) is 5.56 Å². The second kappa shape index (κ2) is 7.67. The first-order valence-corrected chi connectivity index (χ1v) is 8.15. The summed E-state index contributed by atoms with van der Waals surface area (Å²) in [5.41, 5.74) is 1.19. The maximum Gasteiger partial charge on any atom is 0.119 e. The summed E-state index contributed by atoms with van der Waals surface area (Å²) in [7, 11) is 1.95. The maximum atomic E-state index is 6.22. The molecule has 0 aliphatic heterocycles. The topological polar surface area (TPSA) is 21.3 Å². The van der Waals surface area contributed by atoms with E-state index < -0.39 is 0 Å². The largest absolute Gasteiger partial charge is 0.494 e. The van der Waals surface area contributed by atoms with E-state index in [0.717, 1.165) is 35.1 Å². The van der Waals surface area contributed by atoms with Gasteiger partial charge in [0.05, 0.1) is 17.7 Å². The molecule has 0 spiro atoms. The van der Waals surface area contributed by atoms with Gasteiger partial charge in [0.15, 0.2) is 0 Å². The van der Waals surface area contributed by atoms with Gasteiger partial charge in [-0.3, -0.25) is 0 Å². The fraction of sp³-hybridized carbons (Fsp3) is 0.375. The summed E-state index contributed by atoms with van der Waals surface area (Å²) in [6.45, 7) is 2.94. The summed E-state index contributed by atoms with van der Waals surface area (Å²) in [6.07, 6.45) is 2.24. The van der Waals surface area contributed by atoms with E-state index in [4.69, 9.17) is 16.3 Å². The summed E-state index contributed by atoms with van der Waals surface area (Å²) in [4.78, 5) is 1.15. The number of benzene rings is 1. The van der Waals surface area contributed by atoms with Crippen LogP contribution in [0.1, 0.15) is 36.2 Å². The first kappa shape index (κ1) is 15.4. The zero-order chi connectivity index (χ0) is 14.4. The molecule has 0 saturated heterocycles. The van der Waals surface area contributed by atoms with E-state index in [1.807, 2.05) is 30.6 Å². The highest BCUT2D eigenvalue weighted by molar-refractivity contribution is 7.10. The molecular formula is C16H20ClNOS. The highest BCUT2D eigenvalue weighted by Gasteiger charge is 2.16. The lowest BCUT2D eigenvalue weighted by atomic mass is 10.1. The van der Waals surface area contributed by atoms with Gasteiger partial charge in [0.2, 0.25) is 0 Å². The zero-order valence-electron chi connectivity index (χ0n) is 11.9. The van der Waals surface area contributed by atoms with E-state index in [9.17, 15) is 0 Å². The van der Waals surface area contributed by atoms with Gasteiger partial charge >= 0.3 is 0 Å². The van der Waals surface area contributed by atoms with Gasteiger partial charge in [0.25, 0.3) is 0 Å². The molecule has 1 heterocycles. The van der Waals surface area contributed by atoms with Crippen LogP contribution in [0.5, 0.6) is 5.75 Å². The number of hydrogen-bond donors (Lipinski definition) is 1. The molecule has 4 heteroatoms. The standard InChI is InChI=1S/C16H20ClNOS/c1-3-4-10-19-13-7-5-12(6-8-13)15(18-2)16-14(17)9-11-20-16/h5-9,11,15,18H,3-4,10H2,1-2H3. The highest BCUT2D eigenvalue weighted by Crippen LogP contribution is 2.33. The molecule has 0 amide bonds. The van der Waals surface area contributed by atoms with Crippen LogP contribution in [0.25, 0.3) is 0 Å². The third-order valence-electron chi connectivity index (χ3n) is 3.18. The highest BCUT2D eigenvalue weighted by atomic mass is 35.5. The lowest BCUT2D eigenvalue weighted by Gasteiger charge is -2.16. The molecule has 0 aliphatic rings. The number of rotatable bonds is 7. The molecule has 1 unspecified atom stereocenters. The van der Waals surface area contributed by atoms with Crippen LogP contribution < -0.4 is 10.1 Å². The Balaban J connectivity index is 2.10. The Bertz CT molecular complexity index is 524. The SMILES string of the molecule is CCCCOc1ccc(C(NC)c2sccc2Cl)cc1. The minimum atomic E-state index is 0.132. The number of halogens is 1. The van der Waals surface area contributed by atoms with Gasteiger partial charge in [-0.1, -0.05) is 37.1 Å². The molecule has 0 fully saturated rings. The Hall–Kier alpha value is -1.03. The fourth-order valence-corrected chi connectivity index (χ4v) is 3.35. The molecule has 108 valence electrons. The van der Waals surface area contributed by atoms with Crippen molar-refractivity contribution < 1.29 is 4.74 Å². The average Bonchev–Trinajstić information content (AvgIpc) is 2.88. The van der Waals surface area contributed by atoms with E-state index in [1.54, 1.807) is 11.3 Å². The van der Waals surface area contributed by atoms with Crippen LogP contribution in [0.2, 0.25) is 5.02 Å². The summed E-state index contributed by atoms with van der Waals surface area (Å²) < 4.78 is 5.69. The van der Waals surface area contributed by atoms with Crippen LogP contribution in [0, 0.1) is 0 Å². The number of nitrogens with one attached hydrogen (secondary N) is 1. The van der Waals surface area contributed by atoms with Crippen molar-refractivity contribution in [1.29, 1.82) is 0 Å². The third-order valence-corrected chi connectivity index (χ3v) is 4.60. The Morgan fingerprint density at radius 2 is 2.00 bits per heavy atom. The smallest absolute Gasteiger partial charge is 0.119 e. The summed E-state index contributed by atoms with van der Waals surface area (Å²) >= 11 is 7.90. The number of ether oxygens (including phenoxy) is 1. The van der Waals surface area contributed by atoms with Crippen molar-refractivity contribution in [3.8, 4) is 5.75 Å². The van der Waals surface area contributed by atoms with Crippen LogP contribution in [-0.2, 0) is 0 Å². The van der Waals surface area contributed by atoms with Crippen molar-refractivity contribution in [2.45, 2.75) is 25.8 Å². The van der Waals surface area contributed by atoms with Crippen LogP contribution in [-0.4, -0.2) is 13.7 Å². The molecular weight excluding hydrogens is 290 g/mol. The van der Waals surface area contributed by atoms with Crippen LogP contribution in [0.15, 0.2) is 35.7 Å². The molecule has 20 heavy (non-hydrogen) atoms. The molecule has 0 saturated carbocycles. The van der Waals surface area contributed by atoms with Gasteiger partial charge in [-0.15, -0.1) is 11.3 Å². The molecule has 1 N–H and O–H groups in total. The predicted octanol–water partition coefficient (Wildman–Crippen LogP) is 4.89. The minimum absolute atomic E-state index is 0.132. The second-order valence-corrected chi connectivity index (χ2v) is 5.98. The lowest BCUT2D eigenvalue weighted by Crippen LogP contribution is -2.16. The van der Waals surface area contributed by atoms with Crippen molar-refractivity contribution in [3.63, 3.8) is 0 Å². The zero-order valence-corrected chi connectivity index (χ0v) is 13.4. The molecule has 2 nitrogen and oxygen atoms in total. The summed E-state index contributed by atoms with van der Waals surface area (Å²) in [5, 5.41) is 6.15. The van der Waals surface area contributed by atoms with Crippen LogP contribution in [0.3, 0.4) is 0 Å². The van der Waals surface area contributed by atoms with Gasteiger partial charge in [0.1, 0.15) is 5.75 Å². The number of thiophene rings is 1. The van der Waals surface area contributed by atoms with Crippen molar-refractivity contribution in [3.05, 3.63) is 51.2 Å². The fourth-order valence-electron chi connectivity index (χ4n) is 2.05. The van der Waals surface area contributed by atoms with E-state index >= 15 is 0 Å². The molecule has 0 radical (unpaired) electrons. The Morgan fingerprint density at radius 1 is 1.25 bits per heavy atom. The van der Waals surface area contributed by atoms with Crippen LogP contribution in [0.4, 0.5) is 0 Å². The van der Waals surface area contributed by atoms with Crippen molar-refractivity contribution in [2.24, 2.45) is 0 Å². The van der Waals surface area contributed by atoms with Gasteiger partial charge in [-0.25, -0.2) is 0 Å². The van der Waals surface area contributed by atoms with E-state index in [2.05, 4.69) is 24.4 Å². The molecule has 1 atom stereocenters. The van der Waals surface area contributed by atoms with Gasteiger partial charge in [-0.2, -0.15) is 0 Å². The normalized spacial score (nSPS) is 12.3. The molecule has 2 aromatic rings. The van der Waals surface area contributed by atoms with E-state index in [-0.39, 0.29) is 6.04 Å². The number of hydrogen-bond acceptors (Lipinski definition) is 3. The molecule has 0 bridgehead atoms. The summed E-state index contributed by atoms with van der Waals surface area (Å²) in [6, 6.07) is 10.3. The van der Waals surface area contributed by atoms with Crippen molar-refractivity contribution >= 4 is 22.9 Å². The lowest BCUT2D eigenvalue weighted by molar-refractivity contribution is 0.309. The monoisotopic (exact) mass is 309 g/mol. The van der Waals surface area contributed by atoms with Crippen molar-refractivity contribution in [2.75, 3.05) is 13.7 Å². The predicted molar refractivity (Wildman–Crippen MR) is 87.1 cm³/mol.